The topological polar surface area (TPSA) is 86.7 Å². The molecule has 1 atom stereocenters. The van der Waals surface area contributed by atoms with Crippen LogP contribution in [0.4, 0.5) is 0 Å². The van der Waals surface area contributed by atoms with E-state index in [1.807, 2.05) is 25.8 Å². The molecule has 2 N–H and O–H groups in total. The molecule has 0 aliphatic heterocycles. The minimum atomic E-state index is -3.85. The maximum atomic E-state index is 11.5. The minimum Gasteiger partial charge on any atom is -0.356 e. The third kappa shape index (κ3) is 10.9. The zero-order valence-electron chi connectivity index (χ0n) is 12.1. The van der Waals surface area contributed by atoms with Crippen LogP contribution >= 0.6 is 0 Å². The van der Waals surface area contributed by atoms with E-state index < -0.39 is 10.1 Å². The number of hydrogen-bond acceptors (Lipinski definition) is 4. The van der Waals surface area contributed by atoms with Crippen LogP contribution < -0.4 is 5.32 Å². The summed E-state index contributed by atoms with van der Waals surface area (Å²) in [5.41, 5.74) is 0. The summed E-state index contributed by atoms with van der Waals surface area (Å²) in [5.74, 6) is -0.0775. The Balaban J connectivity index is 3.59. The predicted molar refractivity (Wildman–Crippen MR) is 75.6 cm³/mol. The zero-order valence-corrected chi connectivity index (χ0v) is 12.9. The normalized spacial score (nSPS) is 13.5. The van der Waals surface area contributed by atoms with Crippen LogP contribution in [0.1, 0.15) is 33.1 Å². The summed E-state index contributed by atoms with van der Waals surface area (Å²) >= 11 is 0. The monoisotopic (exact) mass is 294 g/mol. The molecule has 0 aromatic heterocycles. The van der Waals surface area contributed by atoms with Gasteiger partial charge in [0.2, 0.25) is 5.91 Å². The zero-order chi connectivity index (χ0) is 14.9. The van der Waals surface area contributed by atoms with E-state index in [1.54, 1.807) is 0 Å². The first kappa shape index (κ1) is 18.3. The predicted octanol–water partition coefficient (Wildman–Crippen LogP) is 0.749. The van der Waals surface area contributed by atoms with Gasteiger partial charge in [0.25, 0.3) is 10.1 Å². The second kappa shape index (κ2) is 9.28. The van der Waals surface area contributed by atoms with Gasteiger partial charge in [-0.2, -0.15) is 8.42 Å². The molecule has 1 unspecified atom stereocenters. The van der Waals surface area contributed by atoms with E-state index in [0.717, 1.165) is 19.4 Å². The van der Waals surface area contributed by atoms with Crippen molar-refractivity contribution >= 4 is 16.0 Å². The Kier molecular flexibility index (Phi) is 8.95. The lowest BCUT2D eigenvalue weighted by Gasteiger charge is -2.16. The van der Waals surface area contributed by atoms with Crippen molar-refractivity contribution in [3.63, 3.8) is 0 Å². The lowest BCUT2D eigenvalue weighted by Crippen LogP contribution is -2.32. The lowest BCUT2D eigenvalue weighted by atomic mass is 10.1. The summed E-state index contributed by atoms with van der Waals surface area (Å²) < 4.78 is 29.6. The highest BCUT2D eigenvalue weighted by Gasteiger charge is 2.09. The molecule has 0 spiro atoms. The second-order valence-corrected chi connectivity index (χ2v) is 6.47. The molecule has 0 aromatic rings. The largest absolute Gasteiger partial charge is 0.356 e. The fourth-order valence-corrected chi connectivity index (χ4v) is 2.04. The molecule has 0 fully saturated rings. The average Bonchev–Trinajstić information content (AvgIpc) is 2.31. The van der Waals surface area contributed by atoms with Gasteiger partial charge in [-0.1, -0.05) is 13.8 Å². The first-order chi connectivity index (χ1) is 8.76. The molecule has 0 saturated carbocycles. The van der Waals surface area contributed by atoms with E-state index in [4.69, 9.17) is 4.55 Å². The van der Waals surface area contributed by atoms with E-state index >= 15 is 0 Å². The van der Waals surface area contributed by atoms with Gasteiger partial charge < -0.3 is 10.2 Å². The van der Waals surface area contributed by atoms with E-state index in [2.05, 4.69) is 5.32 Å². The number of carbonyl (C=O) groups is 1. The third-order valence-corrected chi connectivity index (χ3v) is 3.82. The molecule has 7 heteroatoms. The fourth-order valence-electron chi connectivity index (χ4n) is 1.55. The van der Waals surface area contributed by atoms with Crippen LogP contribution in [0.3, 0.4) is 0 Å². The van der Waals surface area contributed by atoms with Crippen molar-refractivity contribution in [1.82, 2.24) is 10.2 Å². The maximum Gasteiger partial charge on any atom is 0.264 e. The van der Waals surface area contributed by atoms with Crippen LogP contribution in [0, 0.1) is 5.92 Å². The van der Waals surface area contributed by atoms with E-state index in [0.29, 0.717) is 19.5 Å². The van der Waals surface area contributed by atoms with Crippen LogP contribution in [0.5, 0.6) is 0 Å². The standard InChI is InChI=1S/C12H26N2O4S/c1-4-11(2)12(15)13-7-5-8-14(3)9-6-10-19(16,17)18/h11H,4-10H2,1-3H3,(H,13,15)(H,16,17,18). The van der Waals surface area contributed by atoms with Crippen LogP contribution in [-0.2, 0) is 14.9 Å². The van der Waals surface area contributed by atoms with Gasteiger partial charge in [-0.3, -0.25) is 9.35 Å². The van der Waals surface area contributed by atoms with Crippen molar-refractivity contribution in [2.75, 3.05) is 32.4 Å². The number of rotatable bonds is 10. The fraction of sp³-hybridized carbons (Fsp3) is 0.917. The molecule has 0 heterocycles. The van der Waals surface area contributed by atoms with Crippen molar-refractivity contribution in [2.24, 2.45) is 5.92 Å². The molecule has 0 rings (SSSR count). The smallest absolute Gasteiger partial charge is 0.264 e. The molecule has 114 valence electrons. The van der Waals surface area contributed by atoms with E-state index in [1.165, 1.54) is 0 Å². The maximum absolute atomic E-state index is 11.5. The molecule has 0 aromatic carbocycles. The summed E-state index contributed by atoms with van der Waals surface area (Å²) in [6, 6.07) is 0. The summed E-state index contributed by atoms with van der Waals surface area (Å²) in [4.78, 5) is 13.5. The van der Waals surface area contributed by atoms with Gasteiger partial charge >= 0.3 is 0 Å². The molecule has 0 radical (unpaired) electrons. The first-order valence-corrected chi connectivity index (χ1v) is 8.28. The number of hydrogen-bond donors (Lipinski definition) is 2. The SMILES string of the molecule is CCC(C)C(=O)NCCCN(C)CCCS(=O)(=O)O. The van der Waals surface area contributed by atoms with E-state index in [-0.39, 0.29) is 17.6 Å². The van der Waals surface area contributed by atoms with Crippen LogP contribution in [-0.4, -0.2) is 56.2 Å². The molecule has 0 bridgehead atoms. The quantitative estimate of drug-likeness (QED) is 0.458. The summed E-state index contributed by atoms with van der Waals surface area (Å²) in [5, 5.41) is 2.87. The van der Waals surface area contributed by atoms with Crippen molar-refractivity contribution in [3.05, 3.63) is 0 Å². The molecule has 6 nitrogen and oxygen atoms in total. The number of nitrogens with zero attached hydrogens (tertiary/aromatic N) is 1. The molecular formula is C12H26N2O4S. The summed E-state index contributed by atoms with van der Waals surface area (Å²) in [6.07, 6.45) is 2.07. The number of amides is 1. The third-order valence-electron chi connectivity index (χ3n) is 3.02. The first-order valence-electron chi connectivity index (χ1n) is 6.67. The highest BCUT2D eigenvalue weighted by atomic mass is 32.2. The van der Waals surface area contributed by atoms with Crippen LogP contribution in [0.25, 0.3) is 0 Å². The highest BCUT2D eigenvalue weighted by Crippen LogP contribution is 1.99. The van der Waals surface area contributed by atoms with Crippen molar-refractivity contribution < 1.29 is 17.8 Å². The Morgan fingerprint density at radius 1 is 1.32 bits per heavy atom. The molecule has 0 saturated heterocycles. The Morgan fingerprint density at radius 3 is 2.42 bits per heavy atom. The molecular weight excluding hydrogens is 268 g/mol. The van der Waals surface area contributed by atoms with Crippen molar-refractivity contribution in [2.45, 2.75) is 33.1 Å². The Morgan fingerprint density at radius 2 is 1.89 bits per heavy atom. The Bertz CT molecular complexity index is 357. The van der Waals surface area contributed by atoms with Gasteiger partial charge in [0.05, 0.1) is 5.75 Å². The molecule has 19 heavy (non-hydrogen) atoms. The van der Waals surface area contributed by atoms with Gasteiger partial charge in [0.15, 0.2) is 0 Å². The molecule has 0 aliphatic rings. The average molecular weight is 294 g/mol. The van der Waals surface area contributed by atoms with Gasteiger partial charge in [0, 0.05) is 12.5 Å². The Labute approximate surface area is 116 Å². The van der Waals surface area contributed by atoms with Crippen molar-refractivity contribution in [3.8, 4) is 0 Å². The van der Waals surface area contributed by atoms with Gasteiger partial charge in [-0.15, -0.1) is 0 Å². The van der Waals surface area contributed by atoms with Gasteiger partial charge in [-0.05, 0) is 39.4 Å². The highest BCUT2D eigenvalue weighted by molar-refractivity contribution is 7.85. The molecule has 0 aliphatic carbocycles. The number of nitrogens with one attached hydrogen (secondary N) is 1. The van der Waals surface area contributed by atoms with Crippen LogP contribution in [0.15, 0.2) is 0 Å². The lowest BCUT2D eigenvalue weighted by molar-refractivity contribution is -0.124. The number of carbonyl (C=O) groups excluding carboxylic acids is 1. The second-order valence-electron chi connectivity index (χ2n) is 4.90. The van der Waals surface area contributed by atoms with E-state index in [9.17, 15) is 13.2 Å². The summed E-state index contributed by atoms with van der Waals surface area (Å²) in [7, 11) is -1.96. The van der Waals surface area contributed by atoms with Crippen molar-refractivity contribution in [1.29, 1.82) is 0 Å². The van der Waals surface area contributed by atoms with Crippen LogP contribution in [0.2, 0.25) is 0 Å². The Hall–Kier alpha value is -0.660. The molecule has 1 amide bonds. The minimum absolute atomic E-state index is 0.0486. The van der Waals surface area contributed by atoms with Gasteiger partial charge in [0.1, 0.15) is 0 Å². The van der Waals surface area contributed by atoms with Gasteiger partial charge in [-0.25, -0.2) is 0 Å². The summed E-state index contributed by atoms with van der Waals surface area (Å²) in [6.45, 7) is 5.90.